The first kappa shape index (κ1) is 16.4. The van der Waals surface area contributed by atoms with E-state index in [0.717, 1.165) is 25.9 Å². The van der Waals surface area contributed by atoms with Crippen LogP contribution in [-0.4, -0.2) is 44.3 Å². The van der Waals surface area contributed by atoms with Crippen molar-refractivity contribution < 1.29 is 4.79 Å². The second kappa shape index (κ2) is 7.44. The summed E-state index contributed by atoms with van der Waals surface area (Å²) in [5.41, 5.74) is 0.972. The fourth-order valence-corrected chi connectivity index (χ4v) is 2.99. The van der Waals surface area contributed by atoms with Crippen molar-refractivity contribution >= 4 is 5.91 Å². The van der Waals surface area contributed by atoms with Gasteiger partial charge in [0.1, 0.15) is 12.9 Å². The fourth-order valence-electron chi connectivity index (χ4n) is 2.99. The number of likely N-dealkylation sites (tertiary alicyclic amines) is 1. The Morgan fingerprint density at radius 1 is 1.33 bits per heavy atom. The molecule has 1 fully saturated rings. The Labute approximate surface area is 140 Å². The van der Waals surface area contributed by atoms with Gasteiger partial charge in [-0.1, -0.05) is 30.3 Å². The van der Waals surface area contributed by atoms with Crippen LogP contribution >= 0.6 is 0 Å². The van der Waals surface area contributed by atoms with E-state index in [4.69, 9.17) is 0 Å². The first-order valence-electron chi connectivity index (χ1n) is 8.27. The van der Waals surface area contributed by atoms with Crippen LogP contribution < -0.4 is 11.0 Å². The van der Waals surface area contributed by atoms with Crippen LogP contribution in [0.5, 0.6) is 0 Å². The van der Waals surface area contributed by atoms with Crippen LogP contribution in [0, 0.1) is 0 Å². The topological polar surface area (TPSA) is 72.2 Å². The van der Waals surface area contributed by atoms with E-state index in [-0.39, 0.29) is 24.2 Å². The van der Waals surface area contributed by atoms with E-state index < -0.39 is 0 Å². The molecule has 1 aliphatic heterocycles. The molecular weight excluding hydrogens is 306 g/mol. The molecule has 0 spiro atoms. The predicted molar refractivity (Wildman–Crippen MR) is 90.4 cm³/mol. The number of aromatic nitrogens is 3. The van der Waals surface area contributed by atoms with Crippen LogP contribution in [0.4, 0.5) is 0 Å². The van der Waals surface area contributed by atoms with Gasteiger partial charge in [-0.05, 0) is 18.4 Å². The lowest BCUT2D eigenvalue weighted by Crippen LogP contribution is -2.49. The Bertz CT molecular complexity index is 737. The molecule has 1 amide bonds. The van der Waals surface area contributed by atoms with Gasteiger partial charge in [0, 0.05) is 32.7 Å². The van der Waals surface area contributed by atoms with Gasteiger partial charge in [0.2, 0.25) is 5.91 Å². The Morgan fingerprint density at radius 2 is 2.12 bits per heavy atom. The minimum atomic E-state index is -0.265. The number of hydrogen-bond acceptors (Lipinski definition) is 4. The molecule has 0 unspecified atom stereocenters. The minimum absolute atomic E-state index is 0.00504. The molecule has 1 N–H and O–H groups in total. The highest BCUT2D eigenvalue weighted by atomic mass is 16.2. The molecule has 0 bridgehead atoms. The van der Waals surface area contributed by atoms with E-state index >= 15 is 0 Å². The van der Waals surface area contributed by atoms with Crippen LogP contribution in [-0.2, 0) is 24.9 Å². The summed E-state index contributed by atoms with van der Waals surface area (Å²) in [6, 6.07) is 10.5. The third-order valence-electron chi connectivity index (χ3n) is 4.38. The maximum Gasteiger partial charge on any atom is 0.345 e. The molecule has 1 aromatic heterocycles. The molecule has 7 heteroatoms. The van der Waals surface area contributed by atoms with Crippen molar-refractivity contribution in [2.75, 3.05) is 13.1 Å². The van der Waals surface area contributed by atoms with Gasteiger partial charge < -0.3 is 10.2 Å². The van der Waals surface area contributed by atoms with Gasteiger partial charge in [0.15, 0.2) is 0 Å². The number of benzene rings is 1. The Balaban J connectivity index is 1.54. The smallest absolute Gasteiger partial charge is 0.340 e. The zero-order valence-electron chi connectivity index (χ0n) is 13.9. The molecule has 2 heterocycles. The molecule has 1 aromatic carbocycles. The molecule has 7 nitrogen and oxygen atoms in total. The van der Waals surface area contributed by atoms with Crippen molar-refractivity contribution in [1.29, 1.82) is 0 Å². The molecular formula is C17H23N5O2. The number of carbonyl (C=O) groups is 1. The first-order chi connectivity index (χ1) is 11.6. The Morgan fingerprint density at radius 3 is 2.83 bits per heavy atom. The summed E-state index contributed by atoms with van der Waals surface area (Å²) in [7, 11) is 1.63. The summed E-state index contributed by atoms with van der Waals surface area (Å²) in [5, 5.41) is 7.47. The molecule has 1 saturated heterocycles. The van der Waals surface area contributed by atoms with E-state index in [1.807, 2.05) is 23.1 Å². The van der Waals surface area contributed by atoms with Crippen molar-refractivity contribution in [1.82, 2.24) is 24.6 Å². The molecule has 1 atom stereocenters. The van der Waals surface area contributed by atoms with E-state index in [1.165, 1.54) is 21.1 Å². The van der Waals surface area contributed by atoms with Crippen LogP contribution in [0.3, 0.4) is 0 Å². The zero-order valence-corrected chi connectivity index (χ0v) is 13.9. The average Bonchev–Trinajstić information content (AvgIpc) is 2.93. The number of nitrogens with zero attached hydrogens (tertiary/aromatic N) is 4. The number of hydrogen-bond donors (Lipinski definition) is 1. The number of piperidine rings is 1. The van der Waals surface area contributed by atoms with Gasteiger partial charge in [-0.3, -0.25) is 9.36 Å². The van der Waals surface area contributed by atoms with E-state index in [0.29, 0.717) is 6.54 Å². The lowest BCUT2D eigenvalue weighted by atomic mass is 10.1. The molecule has 0 radical (unpaired) electrons. The van der Waals surface area contributed by atoms with E-state index in [2.05, 4.69) is 22.5 Å². The second-order valence-electron chi connectivity index (χ2n) is 6.23. The van der Waals surface area contributed by atoms with Crippen molar-refractivity contribution in [3.05, 3.63) is 52.7 Å². The van der Waals surface area contributed by atoms with Crippen molar-refractivity contribution in [3.8, 4) is 0 Å². The van der Waals surface area contributed by atoms with Gasteiger partial charge in [0.25, 0.3) is 0 Å². The first-order valence-corrected chi connectivity index (χ1v) is 8.27. The zero-order chi connectivity index (χ0) is 16.9. The van der Waals surface area contributed by atoms with Gasteiger partial charge in [-0.2, -0.15) is 5.10 Å². The molecule has 3 rings (SSSR count). The Kier molecular flexibility index (Phi) is 5.10. The van der Waals surface area contributed by atoms with Crippen molar-refractivity contribution in [2.45, 2.75) is 32.0 Å². The lowest BCUT2D eigenvalue weighted by Gasteiger charge is -2.33. The number of rotatable bonds is 5. The molecule has 0 aliphatic carbocycles. The van der Waals surface area contributed by atoms with Crippen molar-refractivity contribution in [2.24, 2.45) is 7.05 Å². The summed E-state index contributed by atoms with van der Waals surface area (Å²) in [6.07, 6.45) is 3.45. The standard InChI is InChI=1S/C17H23N5O2/c1-20-13-19-22(17(20)24)12-16(23)21-9-5-8-15(11-21)18-10-14-6-3-2-4-7-14/h2-4,6-7,13,15,18H,5,8-12H2,1H3/t15-/m1/s1. The Hall–Kier alpha value is -2.41. The van der Waals surface area contributed by atoms with Gasteiger partial charge in [0.05, 0.1) is 0 Å². The van der Waals surface area contributed by atoms with Gasteiger partial charge >= 0.3 is 5.69 Å². The summed E-state index contributed by atoms with van der Waals surface area (Å²) in [4.78, 5) is 26.1. The predicted octanol–water partition coefficient (Wildman–Crippen LogP) is 0.363. The lowest BCUT2D eigenvalue weighted by molar-refractivity contribution is -0.133. The highest BCUT2D eigenvalue weighted by Crippen LogP contribution is 2.11. The molecule has 24 heavy (non-hydrogen) atoms. The monoisotopic (exact) mass is 329 g/mol. The van der Waals surface area contributed by atoms with E-state index in [1.54, 1.807) is 7.05 Å². The normalized spacial score (nSPS) is 17.9. The summed E-state index contributed by atoms with van der Waals surface area (Å²) >= 11 is 0. The maximum absolute atomic E-state index is 12.4. The second-order valence-corrected chi connectivity index (χ2v) is 6.23. The summed E-state index contributed by atoms with van der Waals surface area (Å²) in [5.74, 6) is -0.0537. The van der Waals surface area contributed by atoms with Gasteiger partial charge in [-0.15, -0.1) is 0 Å². The number of amides is 1. The molecule has 128 valence electrons. The largest absolute Gasteiger partial charge is 0.345 e. The maximum atomic E-state index is 12.4. The van der Waals surface area contributed by atoms with Crippen LogP contribution in [0.2, 0.25) is 0 Å². The summed E-state index contributed by atoms with van der Waals surface area (Å²) < 4.78 is 2.58. The van der Waals surface area contributed by atoms with E-state index in [9.17, 15) is 9.59 Å². The number of carbonyl (C=O) groups excluding carboxylic acids is 1. The van der Waals surface area contributed by atoms with Crippen molar-refractivity contribution in [3.63, 3.8) is 0 Å². The molecule has 1 aliphatic rings. The number of nitrogens with one attached hydrogen (secondary N) is 1. The third kappa shape index (κ3) is 3.91. The van der Waals surface area contributed by atoms with Crippen LogP contribution in [0.1, 0.15) is 18.4 Å². The van der Waals surface area contributed by atoms with Crippen LogP contribution in [0.25, 0.3) is 0 Å². The highest BCUT2D eigenvalue weighted by Gasteiger charge is 2.24. The third-order valence-corrected chi connectivity index (χ3v) is 4.38. The molecule has 2 aromatic rings. The molecule has 0 saturated carbocycles. The van der Waals surface area contributed by atoms with Gasteiger partial charge in [-0.25, -0.2) is 9.48 Å². The average molecular weight is 329 g/mol. The quantitative estimate of drug-likeness (QED) is 0.860. The fraction of sp³-hybridized carbons (Fsp3) is 0.471. The summed E-state index contributed by atoms with van der Waals surface area (Å²) in [6.45, 7) is 2.22. The number of aryl methyl sites for hydroxylation is 1. The minimum Gasteiger partial charge on any atom is -0.340 e. The SMILES string of the molecule is Cn1cnn(CC(=O)N2CCC[C@@H](NCc3ccccc3)C2)c1=O. The highest BCUT2D eigenvalue weighted by molar-refractivity contribution is 5.76. The van der Waals surface area contributed by atoms with Crippen LogP contribution in [0.15, 0.2) is 41.5 Å².